The second-order valence-corrected chi connectivity index (χ2v) is 5.91. The van der Waals surface area contributed by atoms with Crippen LogP contribution in [0.3, 0.4) is 0 Å². The molecule has 106 valence electrons. The molecule has 0 spiro atoms. The van der Waals surface area contributed by atoms with E-state index in [1.807, 2.05) is 0 Å². The van der Waals surface area contributed by atoms with E-state index in [2.05, 4.69) is 36.1 Å². The molecule has 3 atom stereocenters. The second kappa shape index (κ2) is 5.99. The van der Waals surface area contributed by atoms with Crippen molar-refractivity contribution in [1.29, 1.82) is 0 Å². The topological polar surface area (TPSA) is 55.8 Å². The van der Waals surface area contributed by atoms with E-state index in [1.165, 1.54) is 0 Å². The van der Waals surface area contributed by atoms with Crippen molar-refractivity contribution in [3.05, 3.63) is 0 Å². The molecule has 1 aliphatic heterocycles. The molecule has 1 rings (SSSR count). The van der Waals surface area contributed by atoms with Gasteiger partial charge in [-0.15, -0.1) is 0 Å². The molecule has 1 aliphatic rings. The molecule has 0 amide bonds. The highest BCUT2D eigenvalue weighted by Crippen LogP contribution is 2.21. The van der Waals surface area contributed by atoms with Gasteiger partial charge in [0, 0.05) is 25.7 Å². The number of hydrogen-bond donors (Lipinski definition) is 2. The number of carboxylic acids is 1. The number of carboxylic acid groups (broad SMARTS) is 1. The second-order valence-electron chi connectivity index (χ2n) is 5.91. The number of nitrogens with one attached hydrogen (secondary N) is 1. The molecule has 5 nitrogen and oxygen atoms in total. The number of likely N-dealkylation sites (N-methyl/N-ethyl adjacent to an activating group) is 2. The summed E-state index contributed by atoms with van der Waals surface area (Å²) in [5.74, 6) is -0.132. The summed E-state index contributed by atoms with van der Waals surface area (Å²) in [6.45, 7) is 6.94. The van der Waals surface area contributed by atoms with Crippen LogP contribution in [0.15, 0.2) is 0 Å². The van der Waals surface area contributed by atoms with Crippen LogP contribution in [-0.2, 0) is 4.79 Å². The fourth-order valence-corrected chi connectivity index (χ4v) is 2.62. The summed E-state index contributed by atoms with van der Waals surface area (Å²) in [5, 5.41) is 12.1. The predicted octanol–water partition coefficient (Wildman–Crippen LogP) is 0.321. The molecule has 1 heterocycles. The van der Waals surface area contributed by atoms with Crippen molar-refractivity contribution in [3.63, 3.8) is 0 Å². The lowest BCUT2D eigenvalue weighted by Gasteiger charge is -2.27. The Hall–Kier alpha value is -0.650. The van der Waals surface area contributed by atoms with Crippen LogP contribution in [0, 0.1) is 5.92 Å². The lowest BCUT2D eigenvalue weighted by atomic mass is 9.98. The van der Waals surface area contributed by atoms with Crippen LogP contribution in [0.2, 0.25) is 0 Å². The van der Waals surface area contributed by atoms with E-state index in [0.29, 0.717) is 18.4 Å². The third kappa shape index (κ3) is 3.43. The van der Waals surface area contributed by atoms with E-state index in [1.54, 1.807) is 14.0 Å². The molecule has 0 radical (unpaired) electrons. The Kier molecular flexibility index (Phi) is 5.13. The van der Waals surface area contributed by atoms with E-state index in [-0.39, 0.29) is 0 Å². The van der Waals surface area contributed by atoms with Gasteiger partial charge in [-0.2, -0.15) is 0 Å². The first-order chi connectivity index (χ1) is 8.30. The number of rotatable bonds is 6. The van der Waals surface area contributed by atoms with E-state index >= 15 is 0 Å². The Morgan fingerprint density at radius 1 is 1.50 bits per heavy atom. The summed E-state index contributed by atoms with van der Waals surface area (Å²) in [4.78, 5) is 15.8. The number of carbonyl (C=O) groups is 1. The van der Waals surface area contributed by atoms with Gasteiger partial charge in [-0.25, -0.2) is 0 Å². The van der Waals surface area contributed by atoms with Crippen molar-refractivity contribution >= 4 is 5.97 Å². The molecule has 0 aromatic heterocycles. The number of likely N-dealkylation sites (tertiary alicyclic amines) is 1. The molecule has 1 saturated heterocycles. The Balaban J connectivity index is 2.48. The van der Waals surface area contributed by atoms with E-state index in [9.17, 15) is 9.90 Å². The lowest BCUT2D eigenvalue weighted by Crippen LogP contribution is -2.49. The standard InChI is InChI=1S/C13H27N3O2/c1-10-8-16(9-11(10)15(4)5)7-6-13(2,14-3)12(17)18/h10-11,14H,6-9H2,1-5H3,(H,17,18). The van der Waals surface area contributed by atoms with Gasteiger partial charge in [-0.3, -0.25) is 4.79 Å². The zero-order valence-electron chi connectivity index (χ0n) is 12.2. The highest BCUT2D eigenvalue weighted by atomic mass is 16.4. The summed E-state index contributed by atoms with van der Waals surface area (Å²) in [5.41, 5.74) is -0.820. The number of hydrogen-bond acceptors (Lipinski definition) is 4. The van der Waals surface area contributed by atoms with Gasteiger partial charge in [-0.05, 0) is 40.4 Å². The van der Waals surface area contributed by atoms with Crippen LogP contribution in [0.1, 0.15) is 20.3 Å². The minimum absolute atomic E-state index is 0.579. The van der Waals surface area contributed by atoms with Crippen LogP contribution < -0.4 is 5.32 Å². The van der Waals surface area contributed by atoms with Gasteiger partial charge in [0.2, 0.25) is 0 Å². The zero-order valence-corrected chi connectivity index (χ0v) is 12.2. The predicted molar refractivity (Wildman–Crippen MR) is 72.8 cm³/mol. The van der Waals surface area contributed by atoms with Crippen LogP contribution in [0.25, 0.3) is 0 Å². The van der Waals surface area contributed by atoms with E-state index < -0.39 is 11.5 Å². The molecular weight excluding hydrogens is 230 g/mol. The third-order valence-corrected chi connectivity index (χ3v) is 4.26. The van der Waals surface area contributed by atoms with Crippen molar-refractivity contribution in [2.45, 2.75) is 31.8 Å². The van der Waals surface area contributed by atoms with Gasteiger partial charge in [0.05, 0.1) is 0 Å². The lowest BCUT2D eigenvalue weighted by molar-refractivity contribution is -0.144. The minimum atomic E-state index is -0.820. The molecule has 18 heavy (non-hydrogen) atoms. The first kappa shape index (κ1) is 15.4. The van der Waals surface area contributed by atoms with Crippen LogP contribution in [0.4, 0.5) is 0 Å². The van der Waals surface area contributed by atoms with E-state index in [4.69, 9.17) is 0 Å². The van der Waals surface area contributed by atoms with Gasteiger partial charge in [0.15, 0.2) is 0 Å². The third-order valence-electron chi connectivity index (χ3n) is 4.26. The quantitative estimate of drug-likeness (QED) is 0.718. The Bertz CT molecular complexity index is 296. The average molecular weight is 257 g/mol. The average Bonchev–Trinajstić information content (AvgIpc) is 2.67. The monoisotopic (exact) mass is 257 g/mol. The summed E-state index contributed by atoms with van der Waals surface area (Å²) in [6.07, 6.45) is 0.631. The minimum Gasteiger partial charge on any atom is -0.480 e. The Labute approximate surface area is 110 Å². The molecule has 0 aromatic rings. The highest BCUT2D eigenvalue weighted by molar-refractivity contribution is 5.78. The molecule has 0 aliphatic carbocycles. The van der Waals surface area contributed by atoms with Crippen molar-refractivity contribution in [3.8, 4) is 0 Å². The Morgan fingerprint density at radius 2 is 2.11 bits per heavy atom. The molecule has 0 bridgehead atoms. The fourth-order valence-electron chi connectivity index (χ4n) is 2.62. The largest absolute Gasteiger partial charge is 0.480 e. The molecule has 2 N–H and O–H groups in total. The Morgan fingerprint density at radius 3 is 2.50 bits per heavy atom. The smallest absolute Gasteiger partial charge is 0.323 e. The van der Waals surface area contributed by atoms with Crippen molar-refractivity contribution in [2.24, 2.45) is 5.92 Å². The molecular formula is C13H27N3O2. The molecule has 3 unspecified atom stereocenters. The van der Waals surface area contributed by atoms with Crippen molar-refractivity contribution in [2.75, 3.05) is 40.8 Å². The normalized spacial score (nSPS) is 28.6. The van der Waals surface area contributed by atoms with Gasteiger partial charge in [-0.1, -0.05) is 6.92 Å². The molecule has 5 heteroatoms. The van der Waals surface area contributed by atoms with Gasteiger partial charge in [0.1, 0.15) is 5.54 Å². The van der Waals surface area contributed by atoms with Gasteiger partial charge < -0.3 is 20.2 Å². The van der Waals surface area contributed by atoms with Crippen molar-refractivity contribution < 1.29 is 9.90 Å². The molecule has 0 saturated carbocycles. The summed E-state index contributed by atoms with van der Waals surface area (Å²) >= 11 is 0. The first-order valence-corrected chi connectivity index (χ1v) is 6.61. The SMILES string of the molecule is CNC(C)(CCN1CC(C)C(N(C)C)C1)C(=O)O. The first-order valence-electron chi connectivity index (χ1n) is 6.61. The summed E-state index contributed by atoms with van der Waals surface area (Å²) in [7, 11) is 5.93. The summed E-state index contributed by atoms with van der Waals surface area (Å²) in [6, 6.07) is 0.579. The zero-order chi connectivity index (χ0) is 13.9. The van der Waals surface area contributed by atoms with Gasteiger partial charge in [0.25, 0.3) is 0 Å². The fraction of sp³-hybridized carbons (Fsp3) is 0.923. The molecule has 0 aromatic carbocycles. The van der Waals surface area contributed by atoms with Crippen molar-refractivity contribution in [1.82, 2.24) is 15.1 Å². The van der Waals surface area contributed by atoms with Gasteiger partial charge >= 0.3 is 5.97 Å². The number of nitrogens with zero attached hydrogens (tertiary/aromatic N) is 2. The molecule has 1 fully saturated rings. The van der Waals surface area contributed by atoms with Crippen LogP contribution in [-0.4, -0.2) is 73.2 Å². The van der Waals surface area contributed by atoms with Crippen LogP contribution >= 0.6 is 0 Å². The maximum atomic E-state index is 11.2. The number of aliphatic carboxylic acids is 1. The van der Waals surface area contributed by atoms with Crippen LogP contribution in [0.5, 0.6) is 0 Å². The maximum Gasteiger partial charge on any atom is 0.323 e. The van der Waals surface area contributed by atoms with E-state index in [0.717, 1.165) is 19.6 Å². The highest BCUT2D eigenvalue weighted by Gasteiger charge is 2.35. The maximum absolute atomic E-state index is 11.2. The summed E-state index contributed by atoms with van der Waals surface area (Å²) < 4.78 is 0.